The summed E-state index contributed by atoms with van der Waals surface area (Å²) in [6, 6.07) is 24.1. The first-order valence-electron chi connectivity index (χ1n) is 14.3. The van der Waals surface area contributed by atoms with E-state index in [1.807, 2.05) is 6.92 Å². The third-order valence-corrected chi connectivity index (χ3v) is 9.96. The van der Waals surface area contributed by atoms with Crippen LogP contribution in [0.3, 0.4) is 0 Å². The van der Waals surface area contributed by atoms with Gasteiger partial charge in [0.15, 0.2) is 0 Å². The van der Waals surface area contributed by atoms with Crippen LogP contribution in [0.25, 0.3) is 0 Å². The number of ether oxygens (including phenoxy) is 5. The molecule has 0 aromatic heterocycles. The largest absolute Gasteiger partial charge is 0.508 e. The van der Waals surface area contributed by atoms with E-state index in [-0.39, 0.29) is 38.5 Å². The van der Waals surface area contributed by atoms with E-state index >= 15 is 0 Å². The van der Waals surface area contributed by atoms with Crippen molar-refractivity contribution >= 4 is 19.7 Å². The summed E-state index contributed by atoms with van der Waals surface area (Å²) in [6.45, 7) is 4.48. The van der Waals surface area contributed by atoms with Crippen molar-refractivity contribution in [1.82, 2.24) is 0 Å². The predicted octanol–water partition coefficient (Wildman–Crippen LogP) is 5.34. The van der Waals surface area contributed by atoms with Crippen molar-refractivity contribution in [3.63, 3.8) is 0 Å². The van der Waals surface area contributed by atoms with E-state index in [1.165, 1.54) is 60.7 Å². The molecule has 0 amide bonds. The molecule has 0 aliphatic carbocycles. The lowest BCUT2D eigenvalue weighted by Gasteiger charge is -2.10. The van der Waals surface area contributed by atoms with Crippen molar-refractivity contribution in [2.75, 3.05) is 46.2 Å². The molecule has 4 aromatic rings. The predicted molar refractivity (Wildman–Crippen MR) is 167 cm³/mol. The van der Waals surface area contributed by atoms with Crippen LogP contribution < -0.4 is 14.2 Å². The van der Waals surface area contributed by atoms with Crippen LogP contribution >= 0.6 is 0 Å². The average molecular weight is 657 g/mol. The van der Waals surface area contributed by atoms with Gasteiger partial charge in [-0.15, -0.1) is 0 Å². The van der Waals surface area contributed by atoms with Crippen molar-refractivity contribution in [3.8, 4) is 23.0 Å². The van der Waals surface area contributed by atoms with E-state index in [2.05, 4.69) is 0 Å². The van der Waals surface area contributed by atoms with Gasteiger partial charge in [0.05, 0.1) is 52.6 Å². The van der Waals surface area contributed by atoms with Gasteiger partial charge in [0.25, 0.3) is 0 Å². The van der Waals surface area contributed by atoms with Gasteiger partial charge in [-0.1, -0.05) is 6.92 Å². The summed E-state index contributed by atoms with van der Waals surface area (Å²) in [5.74, 6) is 1.66. The summed E-state index contributed by atoms with van der Waals surface area (Å²) in [4.78, 5) is 0.578. The number of hydrogen-bond donors (Lipinski definition) is 1. The van der Waals surface area contributed by atoms with Gasteiger partial charge in [0, 0.05) is 0 Å². The van der Waals surface area contributed by atoms with Crippen LogP contribution in [0.5, 0.6) is 23.0 Å². The molecule has 0 aliphatic rings. The van der Waals surface area contributed by atoms with Crippen molar-refractivity contribution < 1.29 is 45.6 Å². The summed E-state index contributed by atoms with van der Waals surface area (Å²) in [5.41, 5.74) is 0. The third kappa shape index (κ3) is 9.69. The Balaban J connectivity index is 1.08. The molecule has 0 radical (unpaired) electrons. The number of phenols is 1. The van der Waals surface area contributed by atoms with E-state index in [4.69, 9.17) is 23.7 Å². The van der Waals surface area contributed by atoms with Crippen molar-refractivity contribution in [1.29, 1.82) is 0 Å². The van der Waals surface area contributed by atoms with Crippen LogP contribution in [0.2, 0.25) is 0 Å². The van der Waals surface area contributed by atoms with Gasteiger partial charge in [0.1, 0.15) is 36.2 Å². The molecule has 0 bridgehead atoms. The van der Waals surface area contributed by atoms with Crippen molar-refractivity contribution in [3.05, 3.63) is 97.1 Å². The zero-order chi connectivity index (χ0) is 32.1. The molecule has 12 heteroatoms. The number of aromatic hydroxyl groups is 1. The summed E-state index contributed by atoms with van der Waals surface area (Å²) < 4.78 is 79.0. The maximum Gasteiger partial charge on any atom is 0.206 e. The fourth-order valence-electron chi connectivity index (χ4n) is 4.02. The smallest absolute Gasteiger partial charge is 0.206 e. The fourth-order valence-corrected chi connectivity index (χ4v) is 6.54. The Hall–Kier alpha value is -4.10. The second-order valence-electron chi connectivity index (χ2n) is 9.69. The fraction of sp³-hybridized carbons (Fsp3) is 0.273. The van der Waals surface area contributed by atoms with Crippen LogP contribution in [0.1, 0.15) is 13.3 Å². The molecule has 10 nitrogen and oxygen atoms in total. The molecule has 0 saturated carbocycles. The maximum absolute atomic E-state index is 12.9. The van der Waals surface area contributed by atoms with Crippen LogP contribution in [0, 0.1) is 0 Å². The Labute approximate surface area is 263 Å². The first kappa shape index (κ1) is 33.8. The minimum absolute atomic E-state index is 0.00663. The van der Waals surface area contributed by atoms with E-state index in [1.54, 1.807) is 36.4 Å². The van der Waals surface area contributed by atoms with Gasteiger partial charge in [-0.25, -0.2) is 16.8 Å². The van der Waals surface area contributed by atoms with Crippen molar-refractivity contribution in [2.45, 2.75) is 32.9 Å². The number of phenolic OH excluding ortho intramolecular Hbond substituents is 1. The molecule has 0 aliphatic heterocycles. The third-order valence-electron chi connectivity index (χ3n) is 6.39. The normalized spacial score (nSPS) is 11.7. The van der Waals surface area contributed by atoms with Gasteiger partial charge in [-0.05, 0) is 103 Å². The number of hydrogen-bond acceptors (Lipinski definition) is 10. The highest BCUT2D eigenvalue weighted by molar-refractivity contribution is 7.91. The van der Waals surface area contributed by atoms with E-state index in [0.717, 1.165) is 6.42 Å². The highest BCUT2D eigenvalue weighted by Gasteiger charge is 2.19. The van der Waals surface area contributed by atoms with Crippen LogP contribution in [-0.4, -0.2) is 68.2 Å². The zero-order valence-electron chi connectivity index (χ0n) is 24.8. The minimum Gasteiger partial charge on any atom is -0.508 e. The highest BCUT2D eigenvalue weighted by Crippen LogP contribution is 2.26. The molecule has 0 unspecified atom stereocenters. The van der Waals surface area contributed by atoms with Gasteiger partial charge in [-0.3, -0.25) is 0 Å². The van der Waals surface area contributed by atoms with Crippen molar-refractivity contribution in [2.24, 2.45) is 0 Å². The maximum atomic E-state index is 12.9. The number of benzene rings is 4. The first-order chi connectivity index (χ1) is 21.7. The lowest BCUT2D eigenvalue weighted by atomic mass is 10.3. The summed E-state index contributed by atoms with van der Waals surface area (Å²) in [5, 5.41) is 9.37. The summed E-state index contributed by atoms with van der Waals surface area (Å²) >= 11 is 0. The molecule has 4 rings (SSSR count). The minimum atomic E-state index is -3.69. The quantitative estimate of drug-likeness (QED) is 0.140. The summed E-state index contributed by atoms with van der Waals surface area (Å²) in [6.07, 6.45) is 0.869. The molecule has 0 atom stereocenters. The molecule has 1 N–H and O–H groups in total. The topological polar surface area (TPSA) is 135 Å². The molecule has 0 saturated heterocycles. The Morgan fingerprint density at radius 3 is 1.07 bits per heavy atom. The average Bonchev–Trinajstić information content (AvgIpc) is 3.05. The summed E-state index contributed by atoms with van der Waals surface area (Å²) in [7, 11) is -7.35. The standard InChI is InChI=1S/C33H36O10S2/c1-2-19-41-27-5-13-32(14-6-27)45(37,38)33-17-9-29(10-18-33)43-25-23-40-21-20-39-22-24-42-28-7-15-31(16-8-28)44(35,36)30-11-3-26(34)4-12-30/h3-18,34H,2,19-25H2,1H3. The Morgan fingerprint density at radius 2 is 0.733 bits per heavy atom. The second kappa shape index (κ2) is 16.3. The number of rotatable bonds is 18. The molecule has 45 heavy (non-hydrogen) atoms. The first-order valence-corrected chi connectivity index (χ1v) is 17.3. The van der Waals surface area contributed by atoms with Gasteiger partial charge < -0.3 is 28.8 Å². The molecule has 0 fully saturated rings. The van der Waals surface area contributed by atoms with Crippen LogP contribution in [0.15, 0.2) is 117 Å². The SMILES string of the molecule is CCCOc1ccc(S(=O)(=O)c2ccc(OCCOCCOCCOc3ccc(S(=O)(=O)c4ccc(O)cc4)cc3)cc2)cc1. The molecule has 0 spiro atoms. The molecule has 240 valence electrons. The molecular weight excluding hydrogens is 620 g/mol. The molecular formula is C33H36O10S2. The monoisotopic (exact) mass is 656 g/mol. The van der Waals surface area contributed by atoms with E-state index in [0.29, 0.717) is 50.3 Å². The molecule has 0 heterocycles. The lowest BCUT2D eigenvalue weighted by Crippen LogP contribution is -2.13. The van der Waals surface area contributed by atoms with E-state index < -0.39 is 19.7 Å². The molecule has 4 aromatic carbocycles. The second-order valence-corrected chi connectivity index (χ2v) is 13.6. The van der Waals surface area contributed by atoms with Crippen LogP contribution in [-0.2, 0) is 29.1 Å². The number of sulfone groups is 2. The Morgan fingerprint density at radius 1 is 0.444 bits per heavy atom. The zero-order valence-corrected chi connectivity index (χ0v) is 26.5. The highest BCUT2D eigenvalue weighted by atomic mass is 32.2. The van der Waals surface area contributed by atoms with Gasteiger partial charge >= 0.3 is 0 Å². The Bertz CT molecular complexity index is 1690. The lowest BCUT2D eigenvalue weighted by molar-refractivity contribution is 0.0273. The van der Waals surface area contributed by atoms with E-state index in [9.17, 15) is 21.9 Å². The Kier molecular flexibility index (Phi) is 12.2. The van der Waals surface area contributed by atoms with Gasteiger partial charge in [0.2, 0.25) is 19.7 Å². The van der Waals surface area contributed by atoms with Crippen LogP contribution in [0.4, 0.5) is 0 Å². The van der Waals surface area contributed by atoms with Gasteiger partial charge in [-0.2, -0.15) is 0 Å².